The lowest BCUT2D eigenvalue weighted by molar-refractivity contribution is 0.612. The Bertz CT molecular complexity index is 543. The van der Waals surface area contributed by atoms with Crippen LogP contribution in [0.5, 0.6) is 0 Å². The van der Waals surface area contributed by atoms with Crippen molar-refractivity contribution in [3.05, 3.63) is 58.4 Å². The maximum absolute atomic E-state index is 13.7. The Morgan fingerprint density at radius 3 is 2.68 bits per heavy atom. The third kappa shape index (κ3) is 3.72. The first-order chi connectivity index (χ1) is 9.20. The maximum Gasteiger partial charge on any atom is 0.145 e. The third-order valence-corrected chi connectivity index (χ3v) is 3.01. The number of hydrogen-bond donors (Lipinski definition) is 1. The minimum Gasteiger partial charge on any atom is -0.313 e. The zero-order valence-corrected chi connectivity index (χ0v) is 11.4. The SMILES string of the molecule is CCNCc1cnc(Cc2cccc(Cl)c2F)nc1. The van der Waals surface area contributed by atoms with Gasteiger partial charge in [0, 0.05) is 30.9 Å². The van der Waals surface area contributed by atoms with Crippen molar-refractivity contribution in [2.45, 2.75) is 19.9 Å². The van der Waals surface area contributed by atoms with Crippen LogP contribution in [0.25, 0.3) is 0 Å². The quantitative estimate of drug-likeness (QED) is 0.914. The van der Waals surface area contributed by atoms with Gasteiger partial charge in [0.15, 0.2) is 0 Å². The Labute approximate surface area is 116 Å². The molecule has 0 radical (unpaired) electrons. The topological polar surface area (TPSA) is 37.8 Å². The van der Waals surface area contributed by atoms with Gasteiger partial charge >= 0.3 is 0 Å². The Morgan fingerprint density at radius 2 is 2.00 bits per heavy atom. The summed E-state index contributed by atoms with van der Waals surface area (Å²) in [5.74, 6) is 0.186. The van der Waals surface area contributed by atoms with Crippen LogP contribution in [-0.4, -0.2) is 16.5 Å². The monoisotopic (exact) mass is 279 g/mol. The van der Waals surface area contributed by atoms with E-state index in [2.05, 4.69) is 15.3 Å². The highest BCUT2D eigenvalue weighted by atomic mass is 35.5. The van der Waals surface area contributed by atoms with Gasteiger partial charge in [0.05, 0.1) is 5.02 Å². The van der Waals surface area contributed by atoms with E-state index in [1.165, 1.54) is 6.07 Å². The van der Waals surface area contributed by atoms with Crippen molar-refractivity contribution in [1.29, 1.82) is 0 Å². The van der Waals surface area contributed by atoms with Crippen molar-refractivity contribution in [3.8, 4) is 0 Å². The number of rotatable bonds is 5. The van der Waals surface area contributed by atoms with Gasteiger partial charge in [-0.25, -0.2) is 14.4 Å². The number of nitrogens with zero attached hydrogens (tertiary/aromatic N) is 2. The van der Waals surface area contributed by atoms with E-state index in [0.29, 0.717) is 17.8 Å². The number of hydrogen-bond acceptors (Lipinski definition) is 3. The molecule has 0 aliphatic carbocycles. The van der Waals surface area contributed by atoms with E-state index in [9.17, 15) is 4.39 Å². The normalized spacial score (nSPS) is 10.7. The molecule has 2 rings (SSSR count). The summed E-state index contributed by atoms with van der Waals surface area (Å²) in [6.45, 7) is 3.68. The predicted octanol–water partition coefficient (Wildman–Crippen LogP) is 2.97. The van der Waals surface area contributed by atoms with Gasteiger partial charge in [0.2, 0.25) is 0 Å². The molecule has 19 heavy (non-hydrogen) atoms. The molecule has 2 aromatic rings. The fourth-order valence-electron chi connectivity index (χ4n) is 1.69. The van der Waals surface area contributed by atoms with E-state index in [0.717, 1.165) is 18.7 Å². The maximum atomic E-state index is 13.7. The summed E-state index contributed by atoms with van der Waals surface area (Å²) in [5.41, 5.74) is 1.52. The van der Waals surface area contributed by atoms with Crippen LogP contribution in [0.15, 0.2) is 30.6 Å². The average molecular weight is 280 g/mol. The molecule has 0 saturated carbocycles. The lowest BCUT2D eigenvalue weighted by Gasteiger charge is -2.05. The van der Waals surface area contributed by atoms with Crippen molar-refractivity contribution in [1.82, 2.24) is 15.3 Å². The van der Waals surface area contributed by atoms with Gasteiger partial charge in [-0.15, -0.1) is 0 Å². The Balaban J connectivity index is 2.09. The first-order valence-corrected chi connectivity index (χ1v) is 6.52. The van der Waals surface area contributed by atoms with Gasteiger partial charge < -0.3 is 5.32 Å². The molecule has 0 saturated heterocycles. The first kappa shape index (κ1) is 13.9. The van der Waals surface area contributed by atoms with E-state index in [-0.39, 0.29) is 5.02 Å². The Morgan fingerprint density at radius 1 is 1.26 bits per heavy atom. The number of nitrogens with one attached hydrogen (secondary N) is 1. The molecule has 0 unspecified atom stereocenters. The molecular weight excluding hydrogens is 265 g/mol. The molecule has 0 aliphatic heterocycles. The van der Waals surface area contributed by atoms with Gasteiger partial charge in [0.1, 0.15) is 11.6 Å². The summed E-state index contributed by atoms with van der Waals surface area (Å²) in [6, 6.07) is 4.94. The molecular formula is C14H15ClFN3. The van der Waals surface area contributed by atoms with E-state index in [1.807, 2.05) is 6.92 Å². The lowest BCUT2D eigenvalue weighted by atomic mass is 10.1. The molecule has 0 fully saturated rings. The highest BCUT2D eigenvalue weighted by Gasteiger charge is 2.08. The summed E-state index contributed by atoms with van der Waals surface area (Å²) < 4.78 is 13.7. The zero-order chi connectivity index (χ0) is 13.7. The van der Waals surface area contributed by atoms with Crippen LogP contribution in [0, 0.1) is 5.82 Å². The highest BCUT2D eigenvalue weighted by molar-refractivity contribution is 6.30. The number of benzene rings is 1. The van der Waals surface area contributed by atoms with Crippen LogP contribution in [-0.2, 0) is 13.0 Å². The molecule has 1 heterocycles. The minimum atomic E-state index is -0.399. The zero-order valence-electron chi connectivity index (χ0n) is 10.7. The molecule has 0 aliphatic rings. The van der Waals surface area contributed by atoms with Crippen LogP contribution >= 0.6 is 11.6 Å². The van der Waals surface area contributed by atoms with Gasteiger partial charge in [-0.3, -0.25) is 0 Å². The fraction of sp³-hybridized carbons (Fsp3) is 0.286. The van der Waals surface area contributed by atoms with E-state index in [4.69, 9.17) is 11.6 Å². The van der Waals surface area contributed by atoms with Crippen molar-refractivity contribution in [3.63, 3.8) is 0 Å². The standard InChI is InChI=1S/C14H15ClFN3/c1-2-17-7-10-8-18-13(19-9-10)6-11-4-3-5-12(15)14(11)16/h3-5,8-9,17H,2,6-7H2,1H3. The van der Waals surface area contributed by atoms with Gasteiger partial charge in [-0.2, -0.15) is 0 Å². The molecule has 0 atom stereocenters. The molecule has 1 aromatic heterocycles. The number of aromatic nitrogens is 2. The van der Waals surface area contributed by atoms with Crippen LogP contribution in [0.3, 0.4) is 0 Å². The van der Waals surface area contributed by atoms with Crippen LogP contribution in [0.4, 0.5) is 4.39 Å². The predicted molar refractivity (Wildman–Crippen MR) is 73.6 cm³/mol. The molecule has 0 bridgehead atoms. The molecule has 5 heteroatoms. The average Bonchev–Trinajstić information content (AvgIpc) is 2.43. The molecule has 100 valence electrons. The molecule has 1 aromatic carbocycles. The largest absolute Gasteiger partial charge is 0.313 e. The minimum absolute atomic E-state index is 0.126. The summed E-state index contributed by atoms with van der Waals surface area (Å²) in [7, 11) is 0. The summed E-state index contributed by atoms with van der Waals surface area (Å²) in [4.78, 5) is 8.47. The van der Waals surface area contributed by atoms with Crippen LogP contribution in [0.2, 0.25) is 5.02 Å². The molecule has 3 nitrogen and oxygen atoms in total. The first-order valence-electron chi connectivity index (χ1n) is 6.14. The third-order valence-electron chi connectivity index (χ3n) is 2.72. The van der Waals surface area contributed by atoms with E-state index >= 15 is 0 Å². The van der Waals surface area contributed by atoms with Crippen LogP contribution < -0.4 is 5.32 Å². The highest BCUT2D eigenvalue weighted by Crippen LogP contribution is 2.19. The molecule has 1 N–H and O–H groups in total. The fourth-order valence-corrected chi connectivity index (χ4v) is 1.88. The Hall–Kier alpha value is -1.52. The summed E-state index contributed by atoms with van der Waals surface area (Å²) >= 11 is 5.74. The molecule has 0 spiro atoms. The van der Waals surface area contributed by atoms with Crippen LogP contribution in [0.1, 0.15) is 23.9 Å². The van der Waals surface area contributed by atoms with Gasteiger partial charge in [0.25, 0.3) is 0 Å². The number of halogens is 2. The lowest BCUT2D eigenvalue weighted by Crippen LogP contribution is -2.12. The summed E-state index contributed by atoms with van der Waals surface area (Å²) in [5, 5.41) is 3.32. The van der Waals surface area contributed by atoms with Gasteiger partial charge in [-0.05, 0) is 18.2 Å². The van der Waals surface area contributed by atoms with Crippen molar-refractivity contribution in [2.75, 3.05) is 6.54 Å². The Kier molecular flexibility index (Phi) is 4.82. The van der Waals surface area contributed by atoms with E-state index in [1.54, 1.807) is 24.5 Å². The summed E-state index contributed by atoms with van der Waals surface area (Å²) in [6.07, 6.45) is 3.86. The smallest absolute Gasteiger partial charge is 0.145 e. The second-order valence-corrected chi connectivity index (χ2v) is 4.58. The molecule has 0 amide bonds. The van der Waals surface area contributed by atoms with E-state index < -0.39 is 5.82 Å². The second-order valence-electron chi connectivity index (χ2n) is 4.18. The van der Waals surface area contributed by atoms with Crippen molar-refractivity contribution >= 4 is 11.6 Å². The van der Waals surface area contributed by atoms with Crippen molar-refractivity contribution in [2.24, 2.45) is 0 Å². The van der Waals surface area contributed by atoms with Crippen molar-refractivity contribution < 1.29 is 4.39 Å². The second kappa shape index (κ2) is 6.59. The van der Waals surface area contributed by atoms with Gasteiger partial charge in [-0.1, -0.05) is 30.7 Å².